The van der Waals surface area contributed by atoms with Crippen LogP contribution in [-0.2, 0) is 4.79 Å². The Balaban J connectivity index is 1.60. The maximum Gasteiger partial charge on any atom is 0.163 e. The summed E-state index contributed by atoms with van der Waals surface area (Å²) >= 11 is 6.05. The minimum Gasteiger partial charge on any atom is -0.371 e. The highest BCUT2D eigenvalue weighted by molar-refractivity contribution is 6.30. The van der Waals surface area contributed by atoms with Crippen LogP contribution in [0.25, 0.3) is 0 Å². The van der Waals surface area contributed by atoms with E-state index in [-0.39, 0.29) is 17.7 Å². The molecule has 1 aromatic heterocycles. The van der Waals surface area contributed by atoms with Crippen molar-refractivity contribution in [3.8, 4) is 0 Å². The second-order valence-electron chi connectivity index (χ2n) is 7.47. The van der Waals surface area contributed by atoms with E-state index in [0.717, 1.165) is 40.3 Å². The van der Waals surface area contributed by atoms with Crippen LogP contribution in [0, 0.1) is 0 Å². The van der Waals surface area contributed by atoms with Crippen LogP contribution in [0.2, 0.25) is 5.02 Å². The molecule has 4 nitrogen and oxygen atoms in total. The Kier molecular flexibility index (Phi) is 4.57. The molecule has 3 aromatic rings. The number of carbonyl (C=O) groups excluding carboxylic acids is 1. The van der Waals surface area contributed by atoms with Crippen LogP contribution < -0.4 is 10.6 Å². The number of hydrogen-bond acceptors (Lipinski definition) is 4. The summed E-state index contributed by atoms with van der Waals surface area (Å²) in [6, 6.07) is 21.4. The number of pyridine rings is 1. The number of allylic oxidation sites excluding steroid dienone is 1. The largest absolute Gasteiger partial charge is 0.371 e. The third-order valence-electron chi connectivity index (χ3n) is 5.63. The normalized spacial score (nSPS) is 20.8. The van der Waals surface area contributed by atoms with Gasteiger partial charge in [0, 0.05) is 28.9 Å². The predicted molar refractivity (Wildman–Crippen MR) is 116 cm³/mol. The van der Waals surface area contributed by atoms with Gasteiger partial charge in [0.2, 0.25) is 0 Å². The van der Waals surface area contributed by atoms with Gasteiger partial charge in [-0.3, -0.25) is 9.78 Å². The number of fused-ring (bicyclic) bond motifs is 1. The summed E-state index contributed by atoms with van der Waals surface area (Å²) in [7, 11) is 0. The smallest absolute Gasteiger partial charge is 0.163 e. The lowest BCUT2D eigenvalue weighted by molar-refractivity contribution is -0.116. The number of nitrogens with one attached hydrogen (secondary N) is 2. The van der Waals surface area contributed by atoms with Crippen molar-refractivity contribution < 1.29 is 4.79 Å². The van der Waals surface area contributed by atoms with Crippen molar-refractivity contribution in [1.29, 1.82) is 0 Å². The number of Topliss-reactive ketones (excluding diaryl/α,β-unsaturated/α-hetero) is 1. The van der Waals surface area contributed by atoms with Crippen LogP contribution in [0.4, 0.5) is 11.4 Å². The maximum atomic E-state index is 13.4. The molecule has 5 heteroatoms. The van der Waals surface area contributed by atoms with Crippen LogP contribution in [0.1, 0.15) is 36.1 Å². The zero-order chi connectivity index (χ0) is 19.8. The molecule has 0 saturated heterocycles. The summed E-state index contributed by atoms with van der Waals surface area (Å²) in [6.45, 7) is 0. The van der Waals surface area contributed by atoms with Gasteiger partial charge in [-0.25, -0.2) is 0 Å². The Bertz CT molecular complexity index is 1090. The van der Waals surface area contributed by atoms with E-state index in [1.165, 1.54) is 0 Å². The van der Waals surface area contributed by atoms with E-state index in [0.29, 0.717) is 11.4 Å². The van der Waals surface area contributed by atoms with Gasteiger partial charge in [0.05, 0.1) is 23.1 Å². The Hall–Kier alpha value is -3.11. The topological polar surface area (TPSA) is 54.0 Å². The molecular formula is C24H20ClN3O. The molecule has 0 bridgehead atoms. The van der Waals surface area contributed by atoms with Gasteiger partial charge in [-0.05, 0) is 54.3 Å². The van der Waals surface area contributed by atoms with Crippen LogP contribution in [0.3, 0.4) is 0 Å². The van der Waals surface area contributed by atoms with E-state index in [1.807, 2.05) is 66.7 Å². The number of ketones is 1. The Morgan fingerprint density at radius 3 is 2.41 bits per heavy atom. The predicted octanol–water partition coefficient (Wildman–Crippen LogP) is 5.71. The first-order chi connectivity index (χ1) is 14.2. The number of halogens is 1. The number of para-hydroxylation sites is 2. The molecule has 144 valence electrons. The standard InChI is InChI=1S/C24H20ClN3O/c25-17-10-8-15(9-11-17)16-13-21-23(22(29)14-16)24(20-7-3-4-12-26-20)28-19-6-2-1-5-18(19)27-21/h1-12,16,24,27-28H,13-14H2/t16-,24+/m0/s1. The van der Waals surface area contributed by atoms with Crippen LogP contribution in [0.5, 0.6) is 0 Å². The highest BCUT2D eigenvalue weighted by Crippen LogP contribution is 2.43. The third-order valence-corrected chi connectivity index (χ3v) is 5.89. The Labute approximate surface area is 174 Å². The first-order valence-corrected chi connectivity index (χ1v) is 10.1. The molecule has 1 aliphatic heterocycles. The molecule has 0 amide bonds. The van der Waals surface area contributed by atoms with E-state index < -0.39 is 0 Å². The van der Waals surface area contributed by atoms with Crippen molar-refractivity contribution >= 4 is 28.8 Å². The fourth-order valence-electron chi connectivity index (χ4n) is 4.23. The molecular weight excluding hydrogens is 382 g/mol. The fourth-order valence-corrected chi connectivity index (χ4v) is 4.36. The van der Waals surface area contributed by atoms with E-state index in [2.05, 4.69) is 15.6 Å². The molecule has 0 saturated carbocycles. The molecule has 0 radical (unpaired) electrons. The number of benzene rings is 2. The first-order valence-electron chi connectivity index (χ1n) is 9.74. The number of aromatic nitrogens is 1. The molecule has 5 rings (SSSR count). The monoisotopic (exact) mass is 401 g/mol. The van der Waals surface area contributed by atoms with Crippen LogP contribution in [0.15, 0.2) is 84.2 Å². The van der Waals surface area contributed by atoms with Crippen molar-refractivity contribution in [2.75, 3.05) is 10.6 Å². The summed E-state index contributed by atoms with van der Waals surface area (Å²) in [5.74, 6) is 0.273. The average Bonchev–Trinajstić information content (AvgIpc) is 2.92. The maximum absolute atomic E-state index is 13.4. The van der Waals surface area contributed by atoms with Crippen molar-refractivity contribution in [2.24, 2.45) is 0 Å². The SMILES string of the molecule is O=C1C[C@@H](c2ccc(Cl)cc2)CC2=C1[C@@H](c1ccccn1)Nc1ccccc1N2. The van der Waals surface area contributed by atoms with Crippen LogP contribution >= 0.6 is 11.6 Å². The lowest BCUT2D eigenvalue weighted by Crippen LogP contribution is -2.27. The molecule has 29 heavy (non-hydrogen) atoms. The molecule has 0 spiro atoms. The first kappa shape index (κ1) is 18.0. The molecule has 0 unspecified atom stereocenters. The second-order valence-corrected chi connectivity index (χ2v) is 7.91. The van der Waals surface area contributed by atoms with Crippen molar-refractivity contribution in [3.05, 3.63) is 100 Å². The number of nitrogens with zero attached hydrogens (tertiary/aromatic N) is 1. The summed E-state index contributed by atoms with van der Waals surface area (Å²) in [4.78, 5) is 17.9. The van der Waals surface area contributed by atoms with Gasteiger partial charge in [0.15, 0.2) is 5.78 Å². The van der Waals surface area contributed by atoms with E-state index in [4.69, 9.17) is 11.6 Å². The van der Waals surface area contributed by atoms with Gasteiger partial charge >= 0.3 is 0 Å². The van der Waals surface area contributed by atoms with Gasteiger partial charge in [-0.2, -0.15) is 0 Å². The van der Waals surface area contributed by atoms with Gasteiger partial charge in [-0.15, -0.1) is 0 Å². The van der Waals surface area contributed by atoms with E-state index in [1.54, 1.807) is 6.20 Å². The van der Waals surface area contributed by atoms with Crippen LogP contribution in [-0.4, -0.2) is 10.8 Å². The Morgan fingerprint density at radius 2 is 1.66 bits per heavy atom. The molecule has 1 aliphatic carbocycles. The molecule has 2 atom stereocenters. The van der Waals surface area contributed by atoms with Gasteiger partial charge in [0.1, 0.15) is 0 Å². The summed E-state index contributed by atoms with van der Waals surface area (Å²) < 4.78 is 0. The zero-order valence-corrected chi connectivity index (χ0v) is 16.5. The third kappa shape index (κ3) is 3.40. The highest BCUT2D eigenvalue weighted by atomic mass is 35.5. The number of hydrogen-bond donors (Lipinski definition) is 2. The number of carbonyl (C=O) groups is 1. The second kappa shape index (κ2) is 7.37. The van der Waals surface area contributed by atoms with Gasteiger partial charge in [-0.1, -0.05) is 41.9 Å². The average molecular weight is 402 g/mol. The van der Waals surface area contributed by atoms with Crippen molar-refractivity contribution in [1.82, 2.24) is 4.98 Å². The molecule has 2 heterocycles. The zero-order valence-electron chi connectivity index (χ0n) is 15.7. The number of anilines is 2. The van der Waals surface area contributed by atoms with E-state index >= 15 is 0 Å². The van der Waals surface area contributed by atoms with Crippen molar-refractivity contribution in [2.45, 2.75) is 24.8 Å². The minimum atomic E-state index is -0.277. The molecule has 2 N–H and O–H groups in total. The molecule has 2 aliphatic rings. The lowest BCUT2D eigenvalue weighted by atomic mass is 9.79. The highest BCUT2D eigenvalue weighted by Gasteiger charge is 2.36. The van der Waals surface area contributed by atoms with Gasteiger partial charge < -0.3 is 10.6 Å². The van der Waals surface area contributed by atoms with Gasteiger partial charge in [0.25, 0.3) is 0 Å². The molecule has 0 fully saturated rings. The van der Waals surface area contributed by atoms with E-state index in [9.17, 15) is 4.79 Å². The summed E-state index contributed by atoms with van der Waals surface area (Å²) in [5, 5.41) is 7.80. The number of rotatable bonds is 2. The van der Waals surface area contributed by atoms with Crippen molar-refractivity contribution in [3.63, 3.8) is 0 Å². The quantitative estimate of drug-likeness (QED) is 0.577. The summed E-state index contributed by atoms with van der Waals surface area (Å²) in [5.41, 5.74) is 5.67. The fraction of sp³-hybridized carbons (Fsp3) is 0.167. The summed E-state index contributed by atoms with van der Waals surface area (Å²) in [6.07, 6.45) is 3.01. The lowest BCUT2D eigenvalue weighted by Gasteiger charge is -2.29. The Morgan fingerprint density at radius 1 is 0.897 bits per heavy atom. The molecule has 2 aromatic carbocycles. The minimum absolute atomic E-state index is 0.126.